The molecule has 21 heavy (non-hydrogen) atoms. The topological polar surface area (TPSA) is 56.2 Å². The number of rotatable bonds is 3. The third-order valence-corrected chi connectivity index (χ3v) is 4.65. The first-order chi connectivity index (χ1) is 9.84. The van der Waals surface area contributed by atoms with Crippen molar-refractivity contribution in [3.8, 4) is 0 Å². The van der Waals surface area contributed by atoms with E-state index in [4.69, 9.17) is 4.74 Å². The number of amides is 1. The Morgan fingerprint density at radius 3 is 2.71 bits per heavy atom. The Labute approximate surface area is 126 Å². The van der Waals surface area contributed by atoms with Crippen molar-refractivity contribution in [1.82, 2.24) is 15.1 Å². The summed E-state index contributed by atoms with van der Waals surface area (Å²) in [5.41, 5.74) is 0.999. The fourth-order valence-electron chi connectivity index (χ4n) is 3.55. The van der Waals surface area contributed by atoms with Crippen LogP contribution in [0.5, 0.6) is 0 Å². The Balaban J connectivity index is 1.74. The van der Waals surface area contributed by atoms with Gasteiger partial charge in [-0.25, -0.2) is 0 Å². The Kier molecular flexibility index (Phi) is 3.56. The molecule has 0 aliphatic carbocycles. The van der Waals surface area contributed by atoms with Crippen molar-refractivity contribution in [2.75, 3.05) is 0 Å². The zero-order valence-corrected chi connectivity index (χ0v) is 13.3. The third-order valence-electron chi connectivity index (χ3n) is 4.65. The molecule has 0 aromatic carbocycles. The van der Waals surface area contributed by atoms with Crippen LogP contribution in [-0.4, -0.2) is 27.9 Å². The predicted octanol–water partition coefficient (Wildman–Crippen LogP) is 2.19. The van der Waals surface area contributed by atoms with E-state index >= 15 is 0 Å². The Morgan fingerprint density at radius 2 is 2.24 bits per heavy atom. The quantitative estimate of drug-likeness (QED) is 0.928. The SMILES string of the molecule is Cn1cc([C@H](NC(=O)[C@H]2C[C@H]3CC[C@H]2O3)C(C)(C)C)cn1. The fourth-order valence-corrected chi connectivity index (χ4v) is 3.55. The van der Waals surface area contributed by atoms with Gasteiger partial charge in [0, 0.05) is 18.8 Å². The van der Waals surface area contributed by atoms with Gasteiger partial charge in [0.1, 0.15) is 0 Å². The number of carbonyl (C=O) groups excluding carboxylic acids is 1. The summed E-state index contributed by atoms with van der Waals surface area (Å²) >= 11 is 0. The smallest absolute Gasteiger partial charge is 0.226 e. The molecule has 2 aliphatic rings. The maximum Gasteiger partial charge on any atom is 0.226 e. The lowest BCUT2D eigenvalue weighted by molar-refractivity contribution is -0.128. The fraction of sp³-hybridized carbons (Fsp3) is 0.750. The first-order valence-corrected chi connectivity index (χ1v) is 7.79. The molecule has 5 heteroatoms. The van der Waals surface area contributed by atoms with Gasteiger partial charge in [0.25, 0.3) is 0 Å². The highest BCUT2D eigenvalue weighted by Crippen LogP contribution is 2.40. The van der Waals surface area contributed by atoms with E-state index in [1.165, 1.54) is 0 Å². The largest absolute Gasteiger partial charge is 0.374 e. The Morgan fingerprint density at radius 1 is 1.48 bits per heavy atom. The van der Waals surface area contributed by atoms with E-state index in [0.717, 1.165) is 24.8 Å². The van der Waals surface area contributed by atoms with E-state index in [-0.39, 0.29) is 29.4 Å². The summed E-state index contributed by atoms with van der Waals surface area (Å²) in [5, 5.41) is 7.48. The van der Waals surface area contributed by atoms with Crippen LogP contribution in [0.4, 0.5) is 0 Å². The van der Waals surface area contributed by atoms with Crippen LogP contribution in [0.3, 0.4) is 0 Å². The molecule has 1 aromatic heterocycles. The van der Waals surface area contributed by atoms with Crippen LogP contribution in [0, 0.1) is 11.3 Å². The Hall–Kier alpha value is -1.36. The summed E-state index contributed by atoms with van der Waals surface area (Å²) < 4.78 is 7.58. The maximum absolute atomic E-state index is 12.7. The van der Waals surface area contributed by atoms with Crippen LogP contribution >= 0.6 is 0 Å². The summed E-state index contributed by atoms with van der Waals surface area (Å²) in [6, 6.07) is -0.0298. The second-order valence-corrected chi connectivity index (χ2v) is 7.47. The molecule has 2 aliphatic heterocycles. The number of hydrogen-bond acceptors (Lipinski definition) is 3. The summed E-state index contributed by atoms with van der Waals surface area (Å²) in [4.78, 5) is 12.7. The second kappa shape index (κ2) is 5.13. The number of fused-ring (bicyclic) bond motifs is 2. The van der Waals surface area contributed by atoms with Crippen LogP contribution in [0.2, 0.25) is 0 Å². The first kappa shape index (κ1) is 14.6. The number of aromatic nitrogens is 2. The molecular weight excluding hydrogens is 266 g/mol. The van der Waals surface area contributed by atoms with E-state index in [1.807, 2.05) is 19.4 Å². The summed E-state index contributed by atoms with van der Waals surface area (Å²) in [5.74, 6) is 0.149. The standard InChI is InChI=1S/C16H25N3O2/c1-16(2,3)14(10-8-17-19(4)9-10)18-15(20)12-7-11-5-6-13(12)21-11/h8-9,11-14H,5-7H2,1-4H3,(H,18,20)/t11-,12+,13-,14+/m1/s1. The second-order valence-electron chi connectivity index (χ2n) is 7.47. The van der Waals surface area contributed by atoms with Crippen molar-refractivity contribution in [3.05, 3.63) is 18.0 Å². The van der Waals surface area contributed by atoms with E-state index in [2.05, 4.69) is 31.2 Å². The lowest BCUT2D eigenvalue weighted by atomic mass is 9.82. The molecule has 0 spiro atoms. The number of nitrogens with zero attached hydrogens (tertiary/aromatic N) is 2. The highest BCUT2D eigenvalue weighted by molar-refractivity contribution is 5.80. The van der Waals surface area contributed by atoms with Gasteiger partial charge in [-0.05, 0) is 24.7 Å². The molecular formula is C16H25N3O2. The summed E-state index contributed by atoms with van der Waals surface area (Å²) in [7, 11) is 1.90. The van der Waals surface area contributed by atoms with Crippen LogP contribution in [0.1, 0.15) is 51.6 Å². The molecule has 1 N–H and O–H groups in total. The molecule has 0 radical (unpaired) electrons. The average molecular weight is 291 g/mol. The number of nitrogens with one attached hydrogen (secondary N) is 1. The van der Waals surface area contributed by atoms with Crippen molar-refractivity contribution in [2.24, 2.45) is 18.4 Å². The highest BCUT2D eigenvalue weighted by atomic mass is 16.5. The van der Waals surface area contributed by atoms with Gasteiger partial charge >= 0.3 is 0 Å². The van der Waals surface area contributed by atoms with Gasteiger partial charge in [-0.3, -0.25) is 9.48 Å². The molecule has 2 fully saturated rings. The lowest BCUT2D eigenvalue weighted by Gasteiger charge is -2.32. The van der Waals surface area contributed by atoms with Gasteiger partial charge < -0.3 is 10.1 Å². The summed E-state index contributed by atoms with van der Waals surface area (Å²) in [6.07, 6.45) is 7.26. The zero-order valence-electron chi connectivity index (χ0n) is 13.3. The van der Waals surface area contributed by atoms with Crippen molar-refractivity contribution in [3.63, 3.8) is 0 Å². The van der Waals surface area contributed by atoms with Crippen LogP contribution < -0.4 is 5.32 Å². The van der Waals surface area contributed by atoms with Gasteiger partial charge in [-0.2, -0.15) is 5.10 Å². The molecule has 1 aromatic rings. The number of ether oxygens (including phenoxy) is 1. The molecule has 3 rings (SSSR count). The van der Waals surface area contributed by atoms with E-state index in [9.17, 15) is 4.79 Å². The van der Waals surface area contributed by atoms with Gasteiger partial charge in [0.15, 0.2) is 0 Å². The van der Waals surface area contributed by atoms with Gasteiger partial charge in [-0.15, -0.1) is 0 Å². The van der Waals surface area contributed by atoms with E-state index in [1.54, 1.807) is 4.68 Å². The minimum atomic E-state index is -0.0584. The Bertz CT molecular complexity index is 532. The molecule has 2 bridgehead atoms. The first-order valence-electron chi connectivity index (χ1n) is 7.79. The third kappa shape index (κ3) is 2.84. The van der Waals surface area contributed by atoms with Crippen molar-refractivity contribution in [1.29, 1.82) is 0 Å². The maximum atomic E-state index is 12.7. The molecule has 116 valence electrons. The summed E-state index contributed by atoms with van der Waals surface area (Å²) in [6.45, 7) is 6.42. The normalized spacial score (nSPS) is 29.6. The highest BCUT2D eigenvalue weighted by Gasteiger charge is 2.45. The molecule has 0 unspecified atom stereocenters. The molecule has 2 saturated heterocycles. The van der Waals surface area contributed by atoms with Crippen molar-refractivity contribution < 1.29 is 9.53 Å². The van der Waals surface area contributed by atoms with Crippen molar-refractivity contribution >= 4 is 5.91 Å². The molecule has 5 nitrogen and oxygen atoms in total. The molecule has 1 amide bonds. The monoisotopic (exact) mass is 291 g/mol. The molecule has 0 saturated carbocycles. The average Bonchev–Trinajstić information content (AvgIpc) is 3.09. The zero-order chi connectivity index (χ0) is 15.2. The van der Waals surface area contributed by atoms with Gasteiger partial charge in [0.05, 0.1) is 30.4 Å². The minimum absolute atomic E-state index is 0.0188. The number of hydrogen-bond donors (Lipinski definition) is 1. The van der Waals surface area contributed by atoms with Gasteiger partial charge in [0.2, 0.25) is 5.91 Å². The van der Waals surface area contributed by atoms with Crippen LogP contribution in [-0.2, 0) is 16.6 Å². The van der Waals surface area contributed by atoms with Gasteiger partial charge in [-0.1, -0.05) is 20.8 Å². The van der Waals surface area contributed by atoms with E-state index < -0.39 is 0 Å². The molecule has 3 heterocycles. The number of aryl methyl sites for hydroxylation is 1. The van der Waals surface area contributed by atoms with Crippen LogP contribution in [0.25, 0.3) is 0 Å². The molecule has 4 atom stereocenters. The minimum Gasteiger partial charge on any atom is -0.374 e. The van der Waals surface area contributed by atoms with Crippen LogP contribution in [0.15, 0.2) is 12.4 Å². The predicted molar refractivity (Wildman–Crippen MR) is 79.5 cm³/mol. The van der Waals surface area contributed by atoms with E-state index in [0.29, 0.717) is 6.10 Å². The number of carbonyl (C=O) groups is 1. The lowest BCUT2D eigenvalue weighted by Crippen LogP contribution is -2.42. The van der Waals surface area contributed by atoms with Crippen molar-refractivity contribution in [2.45, 2.75) is 58.3 Å².